The molecular weight excluding hydrogens is 426 g/mol. The molecule has 7 heteroatoms. The number of nitrogens with zero attached hydrogens (tertiary/aromatic N) is 2. The zero-order valence-corrected chi connectivity index (χ0v) is 18.6. The van der Waals surface area contributed by atoms with E-state index < -0.39 is 0 Å². The first kappa shape index (κ1) is 21.6. The Balaban J connectivity index is 1.39. The number of para-hydroxylation sites is 1. The molecule has 1 atom stereocenters. The van der Waals surface area contributed by atoms with Crippen molar-refractivity contribution in [1.29, 1.82) is 0 Å². The summed E-state index contributed by atoms with van der Waals surface area (Å²) >= 11 is 0. The molecule has 0 spiro atoms. The zero-order valence-electron chi connectivity index (χ0n) is 18.6. The Bertz CT molecular complexity index is 1330. The summed E-state index contributed by atoms with van der Waals surface area (Å²) in [5.74, 6) is 0.266. The summed E-state index contributed by atoms with van der Waals surface area (Å²) in [7, 11) is 0. The maximum atomic E-state index is 11.7. The molecule has 170 valence electrons. The van der Waals surface area contributed by atoms with Gasteiger partial charge in [-0.1, -0.05) is 36.9 Å². The Morgan fingerprint density at radius 2 is 1.85 bits per heavy atom. The second-order valence-corrected chi connectivity index (χ2v) is 8.12. The van der Waals surface area contributed by atoms with Gasteiger partial charge in [-0.2, -0.15) is 0 Å². The summed E-state index contributed by atoms with van der Waals surface area (Å²) in [5, 5.41) is 10.5. The summed E-state index contributed by atoms with van der Waals surface area (Å²) in [6.07, 6.45) is 4.09. The number of hydrogen-bond donors (Lipinski definition) is 3. The van der Waals surface area contributed by atoms with Crippen LogP contribution in [0.5, 0.6) is 0 Å². The normalized spacial score (nSPS) is 15.1. The Hall–Kier alpha value is -4.23. The van der Waals surface area contributed by atoms with Gasteiger partial charge in [-0.15, -0.1) is 0 Å². The number of anilines is 4. The molecule has 34 heavy (non-hydrogen) atoms. The molecule has 0 bridgehead atoms. The monoisotopic (exact) mass is 451 g/mol. The van der Waals surface area contributed by atoms with Gasteiger partial charge in [-0.3, -0.25) is 4.79 Å². The Labute approximate surface area is 197 Å². The van der Waals surface area contributed by atoms with Gasteiger partial charge in [-0.05, 0) is 54.5 Å². The van der Waals surface area contributed by atoms with E-state index in [1.807, 2.05) is 72.9 Å². The highest BCUT2D eigenvalue weighted by Gasteiger charge is 2.15. The molecule has 0 radical (unpaired) electrons. The van der Waals surface area contributed by atoms with Crippen molar-refractivity contribution in [3.63, 3.8) is 0 Å². The number of amides is 1. The van der Waals surface area contributed by atoms with E-state index >= 15 is 0 Å². The van der Waals surface area contributed by atoms with Crippen molar-refractivity contribution >= 4 is 39.8 Å². The van der Waals surface area contributed by atoms with Gasteiger partial charge in [0.25, 0.3) is 0 Å². The van der Waals surface area contributed by atoms with Gasteiger partial charge < -0.3 is 20.7 Å². The van der Waals surface area contributed by atoms with Crippen LogP contribution in [0, 0.1) is 0 Å². The maximum Gasteiger partial charge on any atom is 0.247 e. The van der Waals surface area contributed by atoms with Gasteiger partial charge in [0, 0.05) is 40.8 Å². The van der Waals surface area contributed by atoms with Crippen LogP contribution < -0.4 is 16.0 Å². The summed E-state index contributed by atoms with van der Waals surface area (Å²) in [6.45, 7) is 5.06. The van der Waals surface area contributed by atoms with Crippen LogP contribution in [0.3, 0.4) is 0 Å². The average Bonchev–Trinajstić information content (AvgIpc) is 3.38. The molecule has 0 unspecified atom stereocenters. The van der Waals surface area contributed by atoms with Gasteiger partial charge in [0.05, 0.1) is 18.2 Å². The number of aromatic nitrogens is 2. The first-order valence-electron chi connectivity index (χ1n) is 11.2. The fraction of sp³-hybridized carbons (Fsp3) is 0.148. The van der Waals surface area contributed by atoms with E-state index in [-0.39, 0.29) is 5.91 Å². The number of rotatable bonds is 7. The molecule has 3 aromatic carbocycles. The third-order valence-electron chi connectivity index (χ3n) is 5.68. The second kappa shape index (κ2) is 9.72. The number of benzene rings is 3. The predicted molar refractivity (Wildman–Crippen MR) is 136 cm³/mol. The molecule has 2 heterocycles. The van der Waals surface area contributed by atoms with Gasteiger partial charge in [0.2, 0.25) is 11.9 Å². The zero-order chi connectivity index (χ0) is 23.3. The number of ether oxygens (including phenoxy) is 1. The molecule has 1 aliphatic rings. The molecule has 1 saturated heterocycles. The Morgan fingerprint density at radius 3 is 2.65 bits per heavy atom. The summed E-state index contributed by atoms with van der Waals surface area (Å²) < 4.78 is 5.42. The van der Waals surface area contributed by atoms with Crippen molar-refractivity contribution in [2.75, 3.05) is 29.2 Å². The molecule has 0 saturated carbocycles. The molecule has 0 aliphatic carbocycles. The molecule has 1 amide bonds. The number of carbonyl (C=O) groups excluding carboxylic acids is 1. The second-order valence-electron chi connectivity index (χ2n) is 8.12. The van der Waals surface area contributed by atoms with Gasteiger partial charge in [-0.25, -0.2) is 9.97 Å². The SMILES string of the molecule is C=CC(=O)Nc1cccc(-c2cccc3cnc(Nc4ccc(N[C@H]5CCOC5)cc4)nc23)c1. The van der Waals surface area contributed by atoms with Crippen molar-refractivity contribution in [3.05, 3.63) is 85.6 Å². The maximum absolute atomic E-state index is 11.7. The van der Waals surface area contributed by atoms with Crippen molar-refractivity contribution in [2.24, 2.45) is 0 Å². The fourth-order valence-electron chi connectivity index (χ4n) is 3.97. The number of carbonyl (C=O) groups is 1. The van der Waals surface area contributed by atoms with Crippen LogP contribution in [0.15, 0.2) is 85.6 Å². The summed E-state index contributed by atoms with van der Waals surface area (Å²) in [4.78, 5) is 21.0. The smallest absolute Gasteiger partial charge is 0.247 e. The van der Waals surface area contributed by atoms with Gasteiger partial charge in [0.15, 0.2) is 0 Å². The van der Waals surface area contributed by atoms with E-state index in [1.165, 1.54) is 6.08 Å². The van der Waals surface area contributed by atoms with E-state index in [1.54, 1.807) is 0 Å². The van der Waals surface area contributed by atoms with E-state index in [9.17, 15) is 4.79 Å². The third kappa shape index (κ3) is 4.89. The largest absolute Gasteiger partial charge is 0.380 e. The van der Waals surface area contributed by atoms with Crippen LogP contribution in [0.25, 0.3) is 22.0 Å². The highest BCUT2D eigenvalue weighted by Crippen LogP contribution is 2.30. The molecular formula is C27H25N5O2. The lowest BCUT2D eigenvalue weighted by Crippen LogP contribution is -2.18. The number of hydrogen-bond acceptors (Lipinski definition) is 6. The van der Waals surface area contributed by atoms with Crippen LogP contribution in [-0.2, 0) is 9.53 Å². The minimum Gasteiger partial charge on any atom is -0.380 e. The third-order valence-corrected chi connectivity index (χ3v) is 5.68. The topological polar surface area (TPSA) is 88.2 Å². The Kier molecular flexibility index (Phi) is 6.18. The van der Waals surface area contributed by atoms with Crippen molar-refractivity contribution in [3.8, 4) is 11.1 Å². The van der Waals surface area contributed by atoms with E-state index in [0.717, 1.165) is 53.0 Å². The molecule has 4 aromatic rings. The minimum absolute atomic E-state index is 0.248. The van der Waals surface area contributed by atoms with E-state index in [4.69, 9.17) is 9.72 Å². The summed E-state index contributed by atoms with van der Waals surface area (Å²) in [6, 6.07) is 22.1. The predicted octanol–water partition coefficient (Wildman–Crippen LogP) is 5.37. The lowest BCUT2D eigenvalue weighted by molar-refractivity contribution is -0.111. The number of nitrogens with one attached hydrogen (secondary N) is 3. The van der Waals surface area contributed by atoms with Crippen molar-refractivity contribution < 1.29 is 9.53 Å². The highest BCUT2D eigenvalue weighted by atomic mass is 16.5. The Morgan fingerprint density at radius 1 is 1.03 bits per heavy atom. The lowest BCUT2D eigenvalue weighted by atomic mass is 10.0. The van der Waals surface area contributed by atoms with E-state index in [0.29, 0.717) is 17.7 Å². The molecule has 3 N–H and O–H groups in total. The standard InChI is InChI=1S/C27H25N5O2/c1-2-25(33)30-22-7-3-5-18(15-22)24-8-4-6-19-16-28-27(32-26(19)24)31-21-11-9-20(10-12-21)29-23-13-14-34-17-23/h2-12,15-16,23,29H,1,13-14,17H2,(H,30,33)(H,28,31,32)/t23-/m0/s1. The average molecular weight is 452 g/mol. The van der Waals surface area contributed by atoms with Gasteiger partial charge in [0.1, 0.15) is 0 Å². The molecule has 1 fully saturated rings. The molecule has 5 rings (SSSR count). The van der Waals surface area contributed by atoms with Crippen LogP contribution in [-0.4, -0.2) is 35.1 Å². The number of fused-ring (bicyclic) bond motifs is 1. The minimum atomic E-state index is -0.248. The van der Waals surface area contributed by atoms with Crippen LogP contribution >= 0.6 is 0 Å². The van der Waals surface area contributed by atoms with Crippen molar-refractivity contribution in [2.45, 2.75) is 12.5 Å². The molecule has 1 aliphatic heterocycles. The van der Waals surface area contributed by atoms with Crippen LogP contribution in [0.2, 0.25) is 0 Å². The quantitative estimate of drug-likeness (QED) is 0.328. The van der Waals surface area contributed by atoms with Gasteiger partial charge >= 0.3 is 0 Å². The highest BCUT2D eigenvalue weighted by molar-refractivity contribution is 6.00. The molecule has 1 aromatic heterocycles. The van der Waals surface area contributed by atoms with Crippen LogP contribution in [0.4, 0.5) is 23.0 Å². The van der Waals surface area contributed by atoms with Crippen LogP contribution in [0.1, 0.15) is 6.42 Å². The fourth-order valence-corrected chi connectivity index (χ4v) is 3.97. The van der Waals surface area contributed by atoms with Crippen molar-refractivity contribution in [1.82, 2.24) is 9.97 Å². The van der Waals surface area contributed by atoms with E-state index in [2.05, 4.69) is 27.5 Å². The molecule has 7 nitrogen and oxygen atoms in total. The first-order valence-corrected chi connectivity index (χ1v) is 11.2. The first-order chi connectivity index (χ1) is 16.7. The summed E-state index contributed by atoms with van der Waals surface area (Å²) in [5.41, 5.74) is 5.39. The lowest BCUT2D eigenvalue weighted by Gasteiger charge is -2.13.